The van der Waals surface area contributed by atoms with Crippen molar-refractivity contribution in [3.05, 3.63) is 47.2 Å². The molecule has 4 rings (SSSR count). The summed E-state index contributed by atoms with van der Waals surface area (Å²) >= 11 is 0. The monoisotopic (exact) mass is 438 g/mol. The van der Waals surface area contributed by atoms with E-state index in [1.807, 2.05) is 18.5 Å². The minimum Gasteiger partial charge on any atom is -0.379 e. The molecule has 0 spiro atoms. The van der Waals surface area contributed by atoms with Crippen LogP contribution in [0.4, 0.5) is 0 Å². The Morgan fingerprint density at radius 2 is 1.97 bits per heavy atom. The van der Waals surface area contributed by atoms with Gasteiger partial charge >= 0.3 is 0 Å². The highest BCUT2D eigenvalue weighted by Crippen LogP contribution is 2.19. The van der Waals surface area contributed by atoms with Crippen LogP contribution in [0.1, 0.15) is 22.8 Å². The van der Waals surface area contributed by atoms with Crippen LogP contribution < -0.4 is 10.6 Å². The number of H-pyrrole nitrogens is 1. The number of ether oxygens (including phenoxy) is 1. The van der Waals surface area contributed by atoms with Crippen molar-refractivity contribution in [2.24, 2.45) is 12.0 Å². The number of aliphatic imine (C=N–C) groups is 1. The Kier molecular flexibility index (Phi) is 7.39. The number of fused-ring (bicyclic) bond motifs is 1. The summed E-state index contributed by atoms with van der Waals surface area (Å²) in [6.45, 7) is 10.7. The van der Waals surface area contributed by atoms with Crippen LogP contribution >= 0.6 is 0 Å². The largest absolute Gasteiger partial charge is 0.379 e. The highest BCUT2D eigenvalue weighted by molar-refractivity contribution is 5.84. The van der Waals surface area contributed by atoms with E-state index >= 15 is 0 Å². The van der Waals surface area contributed by atoms with Gasteiger partial charge in [0.2, 0.25) is 0 Å². The molecule has 0 saturated carbocycles. The first-order valence-corrected chi connectivity index (χ1v) is 11.3. The SMILES string of the molecule is Cc1ccc2c(CCNC(=NCc3nnc(C)n3C)NCCN3CCOCC3)c[nH]c2c1. The van der Waals surface area contributed by atoms with Crippen LogP contribution in [0.5, 0.6) is 0 Å². The molecule has 1 aliphatic rings. The summed E-state index contributed by atoms with van der Waals surface area (Å²) in [5.41, 5.74) is 3.76. The van der Waals surface area contributed by atoms with E-state index < -0.39 is 0 Å². The van der Waals surface area contributed by atoms with Crippen molar-refractivity contribution in [1.82, 2.24) is 35.3 Å². The number of benzene rings is 1. The fourth-order valence-electron chi connectivity index (χ4n) is 3.89. The van der Waals surface area contributed by atoms with Gasteiger partial charge in [-0.1, -0.05) is 12.1 Å². The fraction of sp³-hybridized carbons (Fsp3) is 0.522. The third-order valence-corrected chi connectivity index (χ3v) is 6.00. The van der Waals surface area contributed by atoms with Crippen molar-refractivity contribution in [3.63, 3.8) is 0 Å². The lowest BCUT2D eigenvalue weighted by atomic mass is 10.1. The Bertz CT molecular complexity index is 1050. The second-order valence-corrected chi connectivity index (χ2v) is 8.31. The highest BCUT2D eigenvalue weighted by Gasteiger charge is 2.11. The topological polar surface area (TPSA) is 95.4 Å². The zero-order chi connectivity index (χ0) is 22.3. The molecule has 1 fully saturated rings. The molecule has 0 atom stereocenters. The Morgan fingerprint density at radius 3 is 2.75 bits per heavy atom. The van der Waals surface area contributed by atoms with Gasteiger partial charge in [-0.2, -0.15) is 0 Å². The maximum Gasteiger partial charge on any atom is 0.191 e. The van der Waals surface area contributed by atoms with Gasteiger partial charge in [-0.25, -0.2) is 4.99 Å². The molecule has 1 aromatic carbocycles. The normalized spacial score (nSPS) is 15.4. The van der Waals surface area contributed by atoms with Crippen LogP contribution in [0.2, 0.25) is 0 Å². The van der Waals surface area contributed by atoms with Gasteiger partial charge in [0, 0.05) is 56.9 Å². The first kappa shape index (κ1) is 22.3. The van der Waals surface area contributed by atoms with E-state index in [1.165, 1.54) is 22.0 Å². The van der Waals surface area contributed by atoms with Gasteiger partial charge in [0.05, 0.1) is 13.2 Å². The molecule has 0 amide bonds. The van der Waals surface area contributed by atoms with Gasteiger partial charge in [-0.15, -0.1) is 10.2 Å². The first-order valence-electron chi connectivity index (χ1n) is 11.3. The molecule has 9 nitrogen and oxygen atoms in total. The van der Waals surface area contributed by atoms with Gasteiger partial charge in [0.1, 0.15) is 12.4 Å². The third-order valence-electron chi connectivity index (χ3n) is 6.00. The molecule has 9 heteroatoms. The van der Waals surface area contributed by atoms with Crippen LogP contribution in [-0.4, -0.2) is 76.5 Å². The minimum atomic E-state index is 0.483. The van der Waals surface area contributed by atoms with Crippen LogP contribution in [0, 0.1) is 13.8 Å². The molecule has 172 valence electrons. The fourth-order valence-corrected chi connectivity index (χ4v) is 3.89. The van der Waals surface area contributed by atoms with Crippen molar-refractivity contribution in [2.75, 3.05) is 45.9 Å². The zero-order valence-electron chi connectivity index (χ0n) is 19.3. The lowest BCUT2D eigenvalue weighted by Gasteiger charge is -2.26. The first-order chi connectivity index (χ1) is 15.6. The predicted octanol–water partition coefficient (Wildman–Crippen LogP) is 1.52. The molecule has 0 bridgehead atoms. The number of morpholine rings is 1. The van der Waals surface area contributed by atoms with Gasteiger partial charge in [-0.05, 0) is 37.5 Å². The van der Waals surface area contributed by atoms with E-state index in [-0.39, 0.29) is 0 Å². The molecule has 2 aromatic heterocycles. The van der Waals surface area contributed by atoms with Crippen molar-refractivity contribution >= 4 is 16.9 Å². The number of hydrogen-bond donors (Lipinski definition) is 3. The van der Waals surface area contributed by atoms with Crippen molar-refractivity contribution < 1.29 is 4.74 Å². The van der Waals surface area contributed by atoms with E-state index in [1.54, 1.807) is 0 Å². The van der Waals surface area contributed by atoms with E-state index in [9.17, 15) is 0 Å². The Hall–Kier alpha value is -2.91. The van der Waals surface area contributed by atoms with Crippen molar-refractivity contribution in [1.29, 1.82) is 0 Å². The predicted molar refractivity (Wildman–Crippen MR) is 127 cm³/mol. The maximum absolute atomic E-state index is 5.44. The zero-order valence-corrected chi connectivity index (χ0v) is 19.3. The van der Waals surface area contributed by atoms with Crippen LogP contribution in [0.3, 0.4) is 0 Å². The number of aromatic amines is 1. The maximum atomic E-state index is 5.44. The van der Waals surface area contributed by atoms with E-state index in [4.69, 9.17) is 9.73 Å². The molecule has 1 saturated heterocycles. The molecule has 0 unspecified atom stereocenters. The summed E-state index contributed by atoms with van der Waals surface area (Å²) in [6.07, 6.45) is 3.02. The molecule has 1 aliphatic heterocycles. The second kappa shape index (κ2) is 10.6. The minimum absolute atomic E-state index is 0.483. The summed E-state index contributed by atoms with van der Waals surface area (Å²) in [6, 6.07) is 6.55. The van der Waals surface area contributed by atoms with Crippen LogP contribution in [-0.2, 0) is 24.8 Å². The Morgan fingerprint density at radius 1 is 1.16 bits per heavy atom. The Balaban J connectivity index is 1.35. The Labute approximate surface area is 189 Å². The van der Waals surface area contributed by atoms with Crippen LogP contribution in [0.15, 0.2) is 29.4 Å². The van der Waals surface area contributed by atoms with E-state index in [0.29, 0.717) is 6.54 Å². The van der Waals surface area contributed by atoms with Gasteiger partial charge in [0.15, 0.2) is 11.8 Å². The van der Waals surface area contributed by atoms with Crippen LogP contribution in [0.25, 0.3) is 10.9 Å². The summed E-state index contributed by atoms with van der Waals surface area (Å²) < 4.78 is 7.41. The highest BCUT2D eigenvalue weighted by atomic mass is 16.5. The third kappa shape index (κ3) is 5.66. The number of guanidine groups is 1. The van der Waals surface area contributed by atoms with Gasteiger partial charge in [-0.3, -0.25) is 4.90 Å². The van der Waals surface area contributed by atoms with E-state index in [0.717, 1.165) is 70.0 Å². The molecule has 3 aromatic rings. The average Bonchev–Trinajstić information content (AvgIpc) is 3.35. The lowest BCUT2D eigenvalue weighted by Crippen LogP contribution is -2.44. The summed E-state index contributed by atoms with van der Waals surface area (Å²) in [5.74, 6) is 2.54. The standard InChI is InChI=1S/C23H34N8O/c1-17-4-5-20-19(15-26-21(20)14-17)6-7-24-23(25-8-9-31-10-12-32-13-11-31)27-16-22-29-28-18(2)30(22)3/h4-5,14-15,26H,6-13,16H2,1-3H3,(H2,24,25,27). The molecule has 0 aliphatic carbocycles. The van der Waals surface area contributed by atoms with Gasteiger partial charge < -0.3 is 24.9 Å². The average molecular weight is 439 g/mol. The van der Waals surface area contributed by atoms with E-state index in [2.05, 4.69) is 62.0 Å². The smallest absolute Gasteiger partial charge is 0.191 e. The number of aromatic nitrogens is 4. The number of hydrogen-bond acceptors (Lipinski definition) is 5. The number of rotatable bonds is 8. The second-order valence-electron chi connectivity index (χ2n) is 8.31. The molecule has 3 heterocycles. The van der Waals surface area contributed by atoms with Crippen molar-refractivity contribution in [2.45, 2.75) is 26.8 Å². The molecular weight excluding hydrogens is 404 g/mol. The number of aryl methyl sites for hydroxylation is 2. The molecular formula is C23H34N8O. The van der Waals surface area contributed by atoms with Gasteiger partial charge in [0.25, 0.3) is 0 Å². The lowest BCUT2D eigenvalue weighted by molar-refractivity contribution is 0.0389. The quantitative estimate of drug-likeness (QED) is 0.365. The summed E-state index contributed by atoms with van der Waals surface area (Å²) in [4.78, 5) is 10.6. The number of nitrogens with one attached hydrogen (secondary N) is 3. The summed E-state index contributed by atoms with van der Waals surface area (Å²) in [7, 11) is 1.97. The van der Waals surface area contributed by atoms with Crippen molar-refractivity contribution in [3.8, 4) is 0 Å². The summed E-state index contributed by atoms with van der Waals surface area (Å²) in [5, 5.41) is 16.6. The molecule has 0 radical (unpaired) electrons. The molecule has 3 N–H and O–H groups in total. The number of nitrogens with zero attached hydrogens (tertiary/aromatic N) is 5. The molecule has 32 heavy (non-hydrogen) atoms.